The second-order valence-corrected chi connectivity index (χ2v) is 7.96. The summed E-state index contributed by atoms with van der Waals surface area (Å²) in [4.78, 5) is 12.4. The minimum absolute atomic E-state index is 0.0247. The molecule has 1 aromatic carbocycles. The number of hydrogen-bond donors (Lipinski definition) is 2. The van der Waals surface area contributed by atoms with E-state index in [0.29, 0.717) is 5.92 Å². The van der Waals surface area contributed by atoms with E-state index in [1.54, 1.807) is 0 Å². The second-order valence-electron chi connectivity index (χ2n) is 5.39. The molecule has 0 fully saturated rings. The fraction of sp³-hybridized carbons (Fsp3) is 0.438. The Morgan fingerprint density at radius 2 is 2.00 bits per heavy atom. The minimum Gasteiger partial charge on any atom is -0.360 e. The number of anilines is 2. The zero-order chi connectivity index (χ0) is 16.8. The molecular formula is C16H22N4OS2. The molecule has 1 aromatic heterocycles. The van der Waals surface area contributed by atoms with Gasteiger partial charge in [-0.25, -0.2) is 0 Å². The van der Waals surface area contributed by atoms with Crippen LogP contribution in [0.15, 0.2) is 28.6 Å². The van der Waals surface area contributed by atoms with Crippen LogP contribution in [0.2, 0.25) is 0 Å². The van der Waals surface area contributed by atoms with Crippen molar-refractivity contribution in [1.29, 1.82) is 0 Å². The predicted molar refractivity (Wildman–Crippen MR) is 98.6 cm³/mol. The molecule has 0 aliphatic rings. The van der Waals surface area contributed by atoms with Crippen LogP contribution in [0.25, 0.3) is 0 Å². The van der Waals surface area contributed by atoms with Crippen LogP contribution in [0.4, 0.5) is 10.8 Å². The van der Waals surface area contributed by atoms with Gasteiger partial charge < -0.3 is 10.6 Å². The van der Waals surface area contributed by atoms with Crippen molar-refractivity contribution in [2.45, 2.75) is 43.2 Å². The number of carbonyl (C=O) groups excluding carboxylic acids is 1. The van der Waals surface area contributed by atoms with Gasteiger partial charge in [-0.2, -0.15) is 0 Å². The Morgan fingerprint density at radius 3 is 2.70 bits per heavy atom. The van der Waals surface area contributed by atoms with Crippen LogP contribution in [-0.4, -0.2) is 27.9 Å². The highest BCUT2D eigenvalue weighted by Gasteiger charge is 2.18. The third-order valence-corrected chi connectivity index (χ3v) is 5.29. The Kier molecular flexibility index (Phi) is 6.41. The first-order valence-electron chi connectivity index (χ1n) is 7.65. The van der Waals surface area contributed by atoms with Gasteiger partial charge in [0.25, 0.3) is 0 Å². The Labute approximate surface area is 145 Å². The van der Waals surface area contributed by atoms with Gasteiger partial charge in [0.05, 0.1) is 5.25 Å². The molecule has 23 heavy (non-hydrogen) atoms. The SMILES string of the molecule is CCNc1nnc(SC(C)C(=O)Nc2ccccc2C(C)C)s1. The lowest BCUT2D eigenvalue weighted by Crippen LogP contribution is -2.23. The molecule has 0 saturated carbocycles. The average Bonchev–Trinajstić information content (AvgIpc) is 2.95. The number of hydrogen-bond acceptors (Lipinski definition) is 6. The van der Waals surface area contributed by atoms with Crippen LogP contribution in [0.3, 0.4) is 0 Å². The first-order chi connectivity index (χ1) is 11.0. The minimum atomic E-state index is -0.238. The van der Waals surface area contributed by atoms with E-state index in [4.69, 9.17) is 0 Å². The van der Waals surface area contributed by atoms with Gasteiger partial charge in [0, 0.05) is 12.2 Å². The number of nitrogens with one attached hydrogen (secondary N) is 2. The van der Waals surface area contributed by atoms with E-state index >= 15 is 0 Å². The van der Waals surface area contributed by atoms with Gasteiger partial charge in [0.2, 0.25) is 11.0 Å². The smallest absolute Gasteiger partial charge is 0.237 e. The molecule has 124 valence electrons. The quantitative estimate of drug-likeness (QED) is 0.732. The number of amides is 1. The van der Waals surface area contributed by atoms with Gasteiger partial charge in [-0.1, -0.05) is 55.1 Å². The summed E-state index contributed by atoms with van der Waals surface area (Å²) in [6, 6.07) is 7.92. The van der Waals surface area contributed by atoms with Crippen LogP contribution in [-0.2, 0) is 4.79 Å². The third kappa shape index (κ3) is 4.94. The van der Waals surface area contributed by atoms with Crippen molar-refractivity contribution in [2.75, 3.05) is 17.2 Å². The monoisotopic (exact) mass is 350 g/mol. The van der Waals surface area contributed by atoms with Crippen LogP contribution in [0.5, 0.6) is 0 Å². The molecule has 0 aliphatic carbocycles. The first-order valence-corrected chi connectivity index (χ1v) is 9.34. The van der Waals surface area contributed by atoms with Crippen LogP contribution < -0.4 is 10.6 Å². The van der Waals surface area contributed by atoms with Crippen molar-refractivity contribution in [3.63, 3.8) is 0 Å². The van der Waals surface area contributed by atoms with E-state index in [9.17, 15) is 4.79 Å². The highest BCUT2D eigenvalue weighted by molar-refractivity contribution is 8.02. The molecule has 0 bridgehead atoms. The van der Waals surface area contributed by atoms with Crippen molar-refractivity contribution < 1.29 is 4.79 Å². The van der Waals surface area contributed by atoms with Gasteiger partial charge >= 0.3 is 0 Å². The molecule has 1 amide bonds. The lowest BCUT2D eigenvalue weighted by atomic mass is 10.0. The standard InChI is InChI=1S/C16H22N4OS2/c1-5-17-15-19-20-16(23-15)22-11(4)14(21)18-13-9-7-6-8-12(13)10(2)3/h6-11H,5H2,1-4H3,(H,17,19)(H,18,21). The topological polar surface area (TPSA) is 66.9 Å². The normalized spacial score (nSPS) is 12.2. The number of benzene rings is 1. The summed E-state index contributed by atoms with van der Waals surface area (Å²) in [5, 5.41) is 14.8. The van der Waals surface area contributed by atoms with E-state index < -0.39 is 0 Å². The fourth-order valence-electron chi connectivity index (χ4n) is 2.03. The van der Waals surface area contributed by atoms with Gasteiger partial charge in [-0.3, -0.25) is 4.79 Å². The number of para-hydroxylation sites is 1. The van der Waals surface area contributed by atoms with Gasteiger partial charge in [-0.05, 0) is 31.4 Å². The van der Waals surface area contributed by atoms with E-state index in [-0.39, 0.29) is 11.2 Å². The maximum absolute atomic E-state index is 12.4. The molecule has 0 saturated heterocycles. The van der Waals surface area contributed by atoms with Crippen LogP contribution in [0.1, 0.15) is 39.2 Å². The summed E-state index contributed by atoms with van der Waals surface area (Å²) in [6.45, 7) is 8.93. The summed E-state index contributed by atoms with van der Waals surface area (Å²) >= 11 is 2.89. The van der Waals surface area contributed by atoms with E-state index in [1.165, 1.54) is 23.1 Å². The second kappa shape index (κ2) is 8.31. The average molecular weight is 351 g/mol. The molecule has 1 atom stereocenters. The number of nitrogens with zero attached hydrogens (tertiary/aromatic N) is 2. The van der Waals surface area contributed by atoms with Crippen molar-refractivity contribution in [2.24, 2.45) is 0 Å². The third-order valence-electron chi connectivity index (χ3n) is 3.22. The molecule has 2 rings (SSSR count). The van der Waals surface area contributed by atoms with Crippen LogP contribution >= 0.6 is 23.1 Å². The first kappa shape index (κ1) is 17.7. The van der Waals surface area contributed by atoms with E-state index in [2.05, 4.69) is 34.7 Å². The van der Waals surface area contributed by atoms with Gasteiger partial charge in [-0.15, -0.1) is 10.2 Å². The van der Waals surface area contributed by atoms with Crippen molar-refractivity contribution in [3.8, 4) is 0 Å². The van der Waals surface area contributed by atoms with E-state index in [0.717, 1.165) is 27.3 Å². The molecular weight excluding hydrogens is 328 g/mol. The number of carbonyl (C=O) groups is 1. The summed E-state index contributed by atoms with van der Waals surface area (Å²) in [5.41, 5.74) is 2.02. The maximum Gasteiger partial charge on any atom is 0.237 e. The Balaban J connectivity index is 1.99. The summed E-state index contributed by atoms with van der Waals surface area (Å²) in [6.07, 6.45) is 0. The lowest BCUT2D eigenvalue weighted by Gasteiger charge is -2.15. The predicted octanol–water partition coefficient (Wildman–Crippen LogP) is 4.21. The highest BCUT2D eigenvalue weighted by Crippen LogP contribution is 2.30. The van der Waals surface area contributed by atoms with Gasteiger partial charge in [0.15, 0.2) is 4.34 Å². The molecule has 2 aromatic rings. The molecule has 2 N–H and O–H groups in total. The van der Waals surface area contributed by atoms with Gasteiger partial charge in [0.1, 0.15) is 0 Å². The summed E-state index contributed by atoms with van der Waals surface area (Å²) in [7, 11) is 0. The highest BCUT2D eigenvalue weighted by atomic mass is 32.2. The molecule has 5 nitrogen and oxygen atoms in total. The summed E-state index contributed by atoms with van der Waals surface area (Å²) in [5.74, 6) is 0.337. The van der Waals surface area contributed by atoms with Crippen molar-refractivity contribution in [1.82, 2.24) is 10.2 Å². The number of thioether (sulfide) groups is 1. The zero-order valence-electron chi connectivity index (χ0n) is 13.8. The Hall–Kier alpha value is -1.60. The number of aromatic nitrogens is 2. The molecule has 0 spiro atoms. The largest absolute Gasteiger partial charge is 0.360 e. The Bertz CT molecular complexity index is 657. The fourth-order valence-corrected chi connectivity index (χ4v) is 4.00. The number of rotatable bonds is 7. The Morgan fingerprint density at radius 1 is 1.26 bits per heavy atom. The lowest BCUT2D eigenvalue weighted by molar-refractivity contribution is -0.115. The van der Waals surface area contributed by atoms with Crippen molar-refractivity contribution >= 4 is 39.8 Å². The zero-order valence-corrected chi connectivity index (χ0v) is 15.4. The van der Waals surface area contributed by atoms with Crippen LogP contribution in [0, 0.1) is 0 Å². The maximum atomic E-state index is 12.4. The molecule has 1 heterocycles. The molecule has 7 heteroatoms. The molecule has 1 unspecified atom stereocenters. The van der Waals surface area contributed by atoms with E-state index in [1.807, 2.05) is 38.1 Å². The molecule has 0 aliphatic heterocycles. The van der Waals surface area contributed by atoms with Crippen molar-refractivity contribution in [3.05, 3.63) is 29.8 Å². The summed E-state index contributed by atoms with van der Waals surface area (Å²) < 4.78 is 0.792. The molecule has 0 radical (unpaired) electrons.